The van der Waals surface area contributed by atoms with Gasteiger partial charge in [-0.15, -0.1) is 0 Å². The molecule has 2 aromatic heterocycles. The van der Waals surface area contributed by atoms with Gasteiger partial charge >= 0.3 is 6.09 Å². The van der Waals surface area contributed by atoms with Crippen LogP contribution in [0.5, 0.6) is 5.88 Å². The maximum atomic E-state index is 12.3. The van der Waals surface area contributed by atoms with Gasteiger partial charge < -0.3 is 10.1 Å². The summed E-state index contributed by atoms with van der Waals surface area (Å²) >= 11 is 0. The molecule has 4 rings (SSSR count). The molecule has 4 aromatic rings. The predicted octanol–water partition coefficient (Wildman–Crippen LogP) is 3.95. The van der Waals surface area contributed by atoms with Gasteiger partial charge in [-0.05, 0) is 35.9 Å². The highest BCUT2D eigenvalue weighted by Gasteiger charge is 2.14. The number of ether oxygens (including phenoxy) is 1. The number of aromatic nitrogens is 2. The van der Waals surface area contributed by atoms with Gasteiger partial charge in [0.2, 0.25) is 5.88 Å². The molecule has 0 aliphatic carbocycles. The molecule has 0 aliphatic rings. The number of hydroxylamine groups is 1. The number of nitrogens with one attached hydrogen (secondary N) is 2. The number of nitrogens with zero attached hydrogens (tertiary/aromatic N) is 2. The second kappa shape index (κ2) is 11.2. The van der Waals surface area contributed by atoms with E-state index in [1.54, 1.807) is 30.0 Å². The molecule has 0 fully saturated rings. The van der Waals surface area contributed by atoms with Gasteiger partial charge in [0, 0.05) is 47.3 Å². The molecule has 0 spiro atoms. The number of hydrogen-bond donors (Lipinski definition) is 3. The second-order valence-corrected chi connectivity index (χ2v) is 7.32. The highest BCUT2D eigenvalue weighted by molar-refractivity contribution is 5.94. The van der Waals surface area contributed by atoms with Crippen LogP contribution >= 0.6 is 0 Å². The molecule has 2 heterocycles. The SMILES string of the molecule is O=C(NCc1ccccc1)Oc1cc(C(=O)NO)cc(-c2ccc(C#Cc3cccnc3)cc2)n1. The molecule has 35 heavy (non-hydrogen) atoms. The average molecular weight is 464 g/mol. The lowest BCUT2D eigenvalue weighted by Crippen LogP contribution is -2.27. The highest BCUT2D eigenvalue weighted by Crippen LogP contribution is 2.23. The van der Waals surface area contributed by atoms with Crippen molar-refractivity contribution in [3.8, 4) is 29.0 Å². The third kappa shape index (κ3) is 6.51. The Hall–Kier alpha value is -5.00. The van der Waals surface area contributed by atoms with Crippen molar-refractivity contribution in [1.82, 2.24) is 20.8 Å². The number of carbonyl (C=O) groups excluding carboxylic acids is 2. The molecule has 2 amide bonds. The lowest BCUT2D eigenvalue weighted by Gasteiger charge is -2.10. The molecule has 0 bridgehead atoms. The zero-order valence-electron chi connectivity index (χ0n) is 18.4. The zero-order valence-corrected chi connectivity index (χ0v) is 18.4. The first kappa shape index (κ1) is 23.2. The molecule has 8 heteroatoms. The minimum absolute atomic E-state index is 0.0730. The van der Waals surface area contributed by atoms with Gasteiger partial charge in [0.1, 0.15) is 0 Å². The van der Waals surface area contributed by atoms with E-state index in [9.17, 15) is 9.59 Å². The number of amides is 2. The summed E-state index contributed by atoms with van der Waals surface area (Å²) < 4.78 is 5.29. The quantitative estimate of drug-likeness (QED) is 0.234. The summed E-state index contributed by atoms with van der Waals surface area (Å²) in [6, 6.07) is 23.0. The Morgan fingerprint density at radius 3 is 2.40 bits per heavy atom. The van der Waals surface area contributed by atoms with Crippen LogP contribution in [0.25, 0.3) is 11.3 Å². The normalized spacial score (nSPS) is 9.97. The Labute approximate surface area is 201 Å². The van der Waals surface area contributed by atoms with Crippen molar-refractivity contribution in [3.05, 3.63) is 114 Å². The molecule has 8 nitrogen and oxygen atoms in total. The fourth-order valence-electron chi connectivity index (χ4n) is 3.11. The average Bonchev–Trinajstić information content (AvgIpc) is 2.91. The maximum absolute atomic E-state index is 12.3. The van der Waals surface area contributed by atoms with Gasteiger partial charge in [-0.3, -0.25) is 15.0 Å². The van der Waals surface area contributed by atoms with Crippen LogP contribution in [0.4, 0.5) is 4.79 Å². The molecule has 0 saturated carbocycles. The molecular weight excluding hydrogens is 444 g/mol. The Bertz CT molecular complexity index is 1380. The van der Waals surface area contributed by atoms with Crippen LogP contribution in [0.15, 0.2) is 91.3 Å². The van der Waals surface area contributed by atoms with E-state index in [0.29, 0.717) is 11.3 Å². The molecule has 0 radical (unpaired) electrons. The van der Waals surface area contributed by atoms with Gasteiger partial charge in [0.05, 0.1) is 5.69 Å². The van der Waals surface area contributed by atoms with E-state index in [-0.39, 0.29) is 18.0 Å². The van der Waals surface area contributed by atoms with Crippen molar-refractivity contribution in [2.24, 2.45) is 0 Å². The smallest absolute Gasteiger partial charge is 0.391 e. The van der Waals surface area contributed by atoms with Crippen LogP contribution in [0.1, 0.15) is 27.0 Å². The van der Waals surface area contributed by atoms with Gasteiger partial charge in [0.15, 0.2) is 0 Å². The third-order valence-corrected chi connectivity index (χ3v) is 4.84. The molecule has 3 N–H and O–H groups in total. The van der Waals surface area contributed by atoms with Crippen LogP contribution in [-0.2, 0) is 6.54 Å². The standard InChI is InChI=1S/C27H20N4O4/c32-26(31-34)23-15-24(22-12-10-19(11-13-22)8-9-21-7-4-14-28-17-21)30-25(16-23)35-27(33)29-18-20-5-2-1-3-6-20/h1-7,10-17,34H,18H2,(H,29,33)(H,31,32). The van der Waals surface area contributed by atoms with Crippen molar-refractivity contribution in [2.75, 3.05) is 0 Å². The summed E-state index contributed by atoms with van der Waals surface area (Å²) in [6.45, 7) is 0.269. The van der Waals surface area contributed by atoms with Crippen LogP contribution in [0.3, 0.4) is 0 Å². The van der Waals surface area contributed by atoms with E-state index in [4.69, 9.17) is 9.94 Å². The van der Waals surface area contributed by atoms with Crippen LogP contribution in [-0.4, -0.2) is 27.2 Å². The Kier molecular flexibility index (Phi) is 7.43. The van der Waals surface area contributed by atoms with E-state index < -0.39 is 12.0 Å². The number of carbonyl (C=O) groups is 2. The van der Waals surface area contributed by atoms with E-state index >= 15 is 0 Å². The molecule has 0 aliphatic heterocycles. The lowest BCUT2D eigenvalue weighted by atomic mass is 10.1. The topological polar surface area (TPSA) is 113 Å². The van der Waals surface area contributed by atoms with E-state index in [0.717, 1.165) is 16.7 Å². The summed E-state index contributed by atoms with van der Waals surface area (Å²) in [7, 11) is 0. The monoisotopic (exact) mass is 464 g/mol. The van der Waals surface area contributed by atoms with Crippen LogP contribution in [0, 0.1) is 11.8 Å². The number of pyridine rings is 2. The van der Waals surface area contributed by atoms with E-state index in [1.165, 1.54) is 12.1 Å². The zero-order chi connectivity index (χ0) is 24.5. The summed E-state index contributed by atoms with van der Waals surface area (Å²) in [5, 5.41) is 11.7. The van der Waals surface area contributed by atoms with Gasteiger partial charge in [-0.2, -0.15) is 0 Å². The summed E-state index contributed by atoms with van der Waals surface area (Å²) in [5.41, 5.74) is 5.18. The number of benzene rings is 2. The van der Waals surface area contributed by atoms with Crippen molar-refractivity contribution >= 4 is 12.0 Å². The summed E-state index contributed by atoms with van der Waals surface area (Å²) in [4.78, 5) is 32.7. The van der Waals surface area contributed by atoms with Gasteiger partial charge in [-0.1, -0.05) is 54.3 Å². The predicted molar refractivity (Wildman–Crippen MR) is 128 cm³/mol. The summed E-state index contributed by atoms with van der Waals surface area (Å²) in [5.74, 6) is 5.24. The molecule has 0 saturated heterocycles. The Morgan fingerprint density at radius 2 is 1.69 bits per heavy atom. The fourth-order valence-corrected chi connectivity index (χ4v) is 3.11. The number of hydrogen-bond acceptors (Lipinski definition) is 6. The van der Waals surface area contributed by atoms with Crippen molar-refractivity contribution in [3.63, 3.8) is 0 Å². The van der Waals surface area contributed by atoms with Gasteiger partial charge in [-0.25, -0.2) is 15.3 Å². The van der Waals surface area contributed by atoms with Crippen LogP contribution in [0.2, 0.25) is 0 Å². The van der Waals surface area contributed by atoms with E-state index in [1.807, 2.05) is 54.6 Å². The van der Waals surface area contributed by atoms with E-state index in [2.05, 4.69) is 27.1 Å². The van der Waals surface area contributed by atoms with Gasteiger partial charge in [0.25, 0.3) is 5.91 Å². The Morgan fingerprint density at radius 1 is 0.914 bits per heavy atom. The molecule has 172 valence electrons. The van der Waals surface area contributed by atoms with Crippen LogP contribution < -0.4 is 15.5 Å². The number of rotatable bonds is 5. The minimum atomic E-state index is -0.762. The third-order valence-electron chi connectivity index (χ3n) is 4.84. The first-order valence-electron chi connectivity index (χ1n) is 10.6. The summed E-state index contributed by atoms with van der Waals surface area (Å²) in [6.07, 6.45) is 2.64. The lowest BCUT2D eigenvalue weighted by molar-refractivity contribution is 0.0705. The van der Waals surface area contributed by atoms with Crippen molar-refractivity contribution < 1.29 is 19.5 Å². The first-order valence-corrected chi connectivity index (χ1v) is 10.6. The van der Waals surface area contributed by atoms with Crippen molar-refractivity contribution in [2.45, 2.75) is 6.54 Å². The largest absolute Gasteiger partial charge is 0.414 e. The molecule has 0 unspecified atom stereocenters. The first-order chi connectivity index (χ1) is 17.1. The fraction of sp³-hybridized carbons (Fsp3) is 0.0370. The molecule has 0 atom stereocenters. The maximum Gasteiger partial charge on any atom is 0.414 e. The second-order valence-electron chi connectivity index (χ2n) is 7.32. The van der Waals surface area contributed by atoms with Crippen molar-refractivity contribution in [1.29, 1.82) is 0 Å². The molecular formula is C27H20N4O4. The highest BCUT2D eigenvalue weighted by atomic mass is 16.6. The minimum Gasteiger partial charge on any atom is -0.391 e. The Balaban J connectivity index is 1.53. The molecule has 2 aromatic carbocycles.